The highest BCUT2D eigenvalue weighted by Crippen LogP contribution is 2.17. The van der Waals surface area contributed by atoms with Crippen molar-refractivity contribution in [1.29, 1.82) is 0 Å². The van der Waals surface area contributed by atoms with E-state index in [0.29, 0.717) is 25.7 Å². The number of ether oxygens (including phenoxy) is 1. The first-order chi connectivity index (χ1) is 14.2. The van der Waals surface area contributed by atoms with Crippen LogP contribution in [0.15, 0.2) is 24.3 Å². The number of benzene rings is 1. The molecule has 3 rings (SSSR count). The average molecular weight is 403 g/mol. The first-order valence-corrected chi connectivity index (χ1v) is 11.0. The van der Waals surface area contributed by atoms with Gasteiger partial charge in [-0.05, 0) is 56.3 Å². The molecule has 0 aromatic heterocycles. The Balaban J connectivity index is 1.29. The normalized spacial score (nSPS) is 19.7. The van der Waals surface area contributed by atoms with E-state index in [1.807, 2.05) is 24.3 Å². The zero-order chi connectivity index (χ0) is 20.3. The topological polar surface area (TPSA) is 91.5 Å². The van der Waals surface area contributed by atoms with Crippen molar-refractivity contribution in [3.8, 4) is 0 Å². The second-order valence-corrected chi connectivity index (χ2v) is 7.94. The van der Waals surface area contributed by atoms with Gasteiger partial charge in [0.1, 0.15) is 6.10 Å². The summed E-state index contributed by atoms with van der Waals surface area (Å²) in [6.07, 6.45) is 8.85. The van der Waals surface area contributed by atoms with Crippen molar-refractivity contribution in [1.82, 2.24) is 16.0 Å². The Morgan fingerprint density at radius 2 is 1.86 bits per heavy atom. The van der Waals surface area contributed by atoms with Crippen LogP contribution >= 0.6 is 0 Å². The molecule has 7 nitrogen and oxygen atoms in total. The fourth-order valence-corrected chi connectivity index (χ4v) is 3.91. The average Bonchev–Trinajstić information content (AvgIpc) is 3.28. The van der Waals surface area contributed by atoms with E-state index < -0.39 is 0 Å². The number of hydrogen-bond donors (Lipinski definition) is 4. The smallest absolute Gasteiger partial charge is 0.315 e. The predicted molar refractivity (Wildman–Crippen MR) is 114 cm³/mol. The molecule has 1 aromatic rings. The maximum Gasteiger partial charge on any atom is 0.315 e. The number of rotatable bonds is 9. The molecule has 3 amide bonds. The van der Waals surface area contributed by atoms with Gasteiger partial charge < -0.3 is 26.0 Å². The summed E-state index contributed by atoms with van der Waals surface area (Å²) in [5.41, 5.74) is 1.66. The Hall–Kier alpha value is -2.12. The monoisotopic (exact) mass is 402 g/mol. The highest BCUT2D eigenvalue weighted by Gasteiger charge is 2.23. The van der Waals surface area contributed by atoms with Crippen LogP contribution in [-0.4, -0.2) is 43.8 Å². The van der Waals surface area contributed by atoms with Crippen LogP contribution in [0, 0.1) is 0 Å². The summed E-state index contributed by atoms with van der Waals surface area (Å²) >= 11 is 0. The molecule has 1 aliphatic heterocycles. The highest BCUT2D eigenvalue weighted by atomic mass is 16.5. The largest absolute Gasteiger partial charge is 0.368 e. The van der Waals surface area contributed by atoms with Gasteiger partial charge in [0.25, 0.3) is 5.91 Å². The third-order valence-corrected chi connectivity index (χ3v) is 5.55. The first-order valence-electron chi connectivity index (χ1n) is 11.0. The lowest BCUT2D eigenvalue weighted by Crippen LogP contribution is -2.37. The highest BCUT2D eigenvalue weighted by molar-refractivity contribution is 5.94. The van der Waals surface area contributed by atoms with Crippen molar-refractivity contribution in [2.24, 2.45) is 0 Å². The van der Waals surface area contributed by atoms with E-state index in [4.69, 9.17) is 4.74 Å². The minimum atomic E-state index is -0.352. The van der Waals surface area contributed by atoms with Crippen LogP contribution in [0.5, 0.6) is 0 Å². The molecule has 1 aromatic carbocycles. The van der Waals surface area contributed by atoms with Crippen molar-refractivity contribution in [2.45, 2.75) is 70.1 Å². The maximum absolute atomic E-state index is 12.1. The van der Waals surface area contributed by atoms with E-state index in [9.17, 15) is 9.59 Å². The molecule has 0 radical (unpaired) electrons. The molecule has 1 unspecified atom stereocenters. The number of amides is 3. The zero-order valence-corrected chi connectivity index (χ0v) is 17.2. The van der Waals surface area contributed by atoms with E-state index in [2.05, 4.69) is 21.3 Å². The molecule has 2 aliphatic rings. The quantitative estimate of drug-likeness (QED) is 0.478. The van der Waals surface area contributed by atoms with Crippen molar-refractivity contribution < 1.29 is 14.3 Å². The molecular weight excluding hydrogens is 368 g/mol. The van der Waals surface area contributed by atoms with E-state index in [1.54, 1.807) is 0 Å². The molecule has 1 saturated carbocycles. The van der Waals surface area contributed by atoms with Gasteiger partial charge >= 0.3 is 6.03 Å². The fraction of sp³-hybridized carbons (Fsp3) is 0.636. The van der Waals surface area contributed by atoms with Crippen molar-refractivity contribution in [3.05, 3.63) is 29.8 Å². The second-order valence-electron chi connectivity index (χ2n) is 7.94. The Bertz CT molecular complexity index is 655. The summed E-state index contributed by atoms with van der Waals surface area (Å²) in [5, 5.41) is 12.2. The number of urea groups is 1. The second kappa shape index (κ2) is 11.8. The molecule has 1 aliphatic carbocycles. The van der Waals surface area contributed by atoms with Gasteiger partial charge in [0.15, 0.2) is 0 Å². The van der Waals surface area contributed by atoms with Gasteiger partial charge in [-0.15, -0.1) is 0 Å². The number of carbonyl (C=O) groups excluding carboxylic acids is 2. The summed E-state index contributed by atoms with van der Waals surface area (Å²) in [6, 6.07) is 8.01. The summed E-state index contributed by atoms with van der Waals surface area (Å²) in [6.45, 7) is 2.66. The van der Waals surface area contributed by atoms with Crippen LogP contribution in [-0.2, 0) is 16.1 Å². The molecule has 1 atom stereocenters. The lowest BCUT2D eigenvalue weighted by molar-refractivity contribution is -0.124. The summed E-state index contributed by atoms with van der Waals surface area (Å²) in [4.78, 5) is 24.1. The Kier molecular flexibility index (Phi) is 8.77. The first kappa shape index (κ1) is 21.6. The molecule has 0 spiro atoms. The summed E-state index contributed by atoms with van der Waals surface area (Å²) in [7, 11) is 0. The maximum atomic E-state index is 12.1. The third-order valence-electron chi connectivity index (χ3n) is 5.55. The molecule has 7 heteroatoms. The third kappa shape index (κ3) is 7.66. The van der Waals surface area contributed by atoms with Crippen LogP contribution in [0.2, 0.25) is 0 Å². The number of carbonyl (C=O) groups is 2. The van der Waals surface area contributed by atoms with Crippen LogP contribution in [0.25, 0.3) is 0 Å². The van der Waals surface area contributed by atoms with Gasteiger partial charge in [0.05, 0.1) is 0 Å². The minimum Gasteiger partial charge on any atom is -0.368 e. The minimum absolute atomic E-state index is 0.104. The van der Waals surface area contributed by atoms with Gasteiger partial charge in [-0.2, -0.15) is 0 Å². The van der Waals surface area contributed by atoms with Gasteiger partial charge in [0.2, 0.25) is 0 Å². The molecule has 29 heavy (non-hydrogen) atoms. The van der Waals surface area contributed by atoms with Gasteiger partial charge in [-0.3, -0.25) is 4.79 Å². The molecular formula is C22H34N4O3. The van der Waals surface area contributed by atoms with Gasteiger partial charge in [-0.1, -0.05) is 31.4 Å². The summed E-state index contributed by atoms with van der Waals surface area (Å²) < 4.78 is 5.40. The molecule has 1 saturated heterocycles. The lowest BCUT2D eigenvalue weighted by atomic mass is 9.95. The fourth-order valence-electron chi connectivity index (χ4n) is 3.91. The molecule has 0 bridgehead atoms. The Morgan fingerprint density at radius 1 is 1.00 bits per heavy atom. The number of nitrogens with one attached hydrogen (secondary N) is 4. The number of hydrogen-bond acceptors (Lipinski definition) is 4. The van der Waals surface area contributed by atoms with Crippen LogP contribution in [0.1, 0.15) is 56.9 Å². The van der Waals surface area contributed by atoms with E-state index in [-0.39, 0.29) is 18.0 Å². The number of anilines is 1. The summed E-state index contributed by atoms with van der Waals surface area (Å²) in [5.74, 6) is -0.104. The molecule has 160 valence electrons. The molecule has 2 fully saturated rings. The van der Waals surface area contributed by atoms with Crippen LogP contribution < -0.4 is 21.3 Å². The predicted octanol–water partition coefficient (Wildman–Crippen LogP) is 2.92. The van der Waals surface area contributed by atoms with E-state index >= 15 is 0 Å². The Morgan fingerprint density at radius 3 is 2.66 bits per heavy atom. The van der Waals surface area contributed by atoms with Crippen molar-refractivity contribution >= 4 is 17.6 Å². The zero-order valence-electron chi connectivity index (χ0n) is 17.2. The van der Waals surface area contributed by atoms with Crippen LogP contribution in [0.4, 0.5) is 10.5 Å². The van der Waals surface area contributed by atoms with E-state index in [1.165, 1.54) is 32.1 Å². The standard InChI is InChI=1S/C22H34N4O3/c27-21(20-11-5-14-29-20)26-19-10-4-7-17(15-19)16-25-22(28)24-13-6-12-23-18-8-2-1-3-9-18/h4,7,10,15,18,20,23H,1-3,5-6,8-9,11-14,16H2,(H,26,27)(H2,24,25,28). The Labute approximate surface area is 173 Å². The van der Waals surface area contributed by atoms with Gasteiger partial charge in [0, 0.05) is 31.4 Å². The SMILES string of the molecule is O=C(NCCCNC1CCCCC1)NCc1cccc(NC(=O)C2CCCO2)c1. The van der Waals surface area contributed by atoms with Crippen LogP contribution in [0.3, 0.4) is 0 Å². The lowest BCUT2D eigenvalue weighted by Gasteiger charge is -2.22. The van der Waals surface area contributed by atoms with Crippen molar-refractivity contribution in [2.75, 3.05) is 25.0 Å². The van der Waals surface area contributed by atoms with Crippen molar-refractivity contribution in [3.63, 3.8) is 0 Å². The van der Waals surface area contributed by atoms with Gasteiger partial charge in [-0.25, -0.2) is 4.79 Å². The molecule has 1 heterocycles. The van der Waals surface area contributed by atoms with E-state index in [0.717, 1.165) is 37.1 Å². The molecule has 4 N–H and O–H groups in total.